The van der Waals surface area contributed by atoms with Gasteiger partial charge < -0.3 is 10.2 Å². The molecule has 2 aliphatic carbocycles. The van der Waals surface area contributed by atoms with Gasteiger partial charge in [-0.05, 0) is 42.7 Å². The Balaban J connectivity index is 1.90. The van der Waals surface area contributed by atoms with Gasteiger partial charge in [-0.2, -0.15) is 0 Å². The van der Waals surface area contributed by atoms with Gasteiger partial charge in [0.05, 0.1) is 12.1 Å². The quantitative estimate of drug-likeness (QED) is 0.820. The second-order valence-electron chi connectivity index (χ2n) is 7.51. The van der Waals surface area contributed by atoms with E-state index in [0.717, 1.165) is 24.0 Å². The number of phenols is 1. The zero-order chi connectivity index (χ0) is 15.4. The molecule has 0 radical (unpaired) electrons. The fourth-order valence-electron chi connectivity index (χ4n) is 4.42. The van der Waals surface area contributed by atoms with Gasteiger partial charge in [0.2, 0.25) is 0 Å². The lowest BCUT2D eigenvalue weighted by Gasteiger charge is -2.36. The molecule has 2 N–H and O–H groups in total. The second-order valence-corrected chi connectivity index (χ2v) is 7.51. The Morgan fingerprint density at radius 2 is 2.00 bits per heavy atom. The number of aliphatic hydroxyl groups is 1. The molecule has 0 saturated heterocycles. The van der Waals surface area contributed by atoms with Crippen LogP contribution in [0.15, 0.2) is 23.2 Å². The van der Waals surface area contributed by atoms with E-state index in [4.69, 9.17) is 0 Å². The van der Waals surface area contributed by atoms with E-state index in [0.29, 0.717) is 5.92 Å². The Labute approximate surface area is 126 Å². The lowest BCUT2D eigenvalue weighted by molar-refractivity contribution is 0.00624. The van der Waals surface area contributed by atoms with Gasteiger partial charge in [0.15, 0.2) is 0 Å². The molecule has 2 saturated carbocycles. The zero-order valence-electron chi connectivity index (χ0n) is 13.3. The minimum absolute atomic E-state index is 0.0473. The standard InChI is InChI=1S/C18H25NO2/c1-11-6-5-7-12(15(11)20)10-19-14-13-8-9-18(4,16(14)21)17(13,2)3/h5-7,10,13-14,16,20-21H,8-9H2,1-4H3/t13?,14-,16-,18?/m1/s1. The number of aliphatic hydroxyl groups excluding tert-OH is 1. The first kappa shape index (κ1) is 14.6. The first-order chi connectivity index (χ1) is 9.79. The third-order valence-electron chi connectivity index (χ3n) is 6.42. The molecule has 3 nitrogen and oxygen atoms in total. The van der Waals surface area contributed by atoms with E-state index in [1.807, 2.05) is 25.1 Å². The van der Waals surface area contributed by atoms with Crippen LogP contribution in [0.3, 0.4) is 0 Å². The molecule has 114 valence electrons. The minimum Gasteiger partial charge on any atom is -0.507 e. The number of hydrogen-bond acceptors (Lipinski definition) is 3. The Morgan fingerprint density at radius 1 is 1.29 bits per heavy atom. The van der Waals surface area contributed by atoms with Gasteiger partial charge in [-0.1, -0.05) is 32.9 Å². The predicted octanol–water partition coefficient (Wildman–Crippen LogP) is 3.31. The Hall–Kier alpha value is -1.35. The molecule has 3 rings (SSSR count). The van der Waals surface area contributed by atoms with E-state index in [-0.39, 0.29) is 22.6 Å². The highest BCUT2D eigenvalue weighted by molar-refractivity contribution is 5.84. The molecule has 0 aliphatic heterocycles. The summed E-state index contributed by atoms with van der Waals surface area (Å²) in [5.74, 6) is 0.699. The van der Waals surface area contributed by atoms with Crippen molar-refractivity contribution in [2.45, 2.75) is 52.7 Å². The van der Waals surface area contributed by atoms with Crippen molar-refractivity contribution in [3.63, 3.8) is 0 Å². The molecule has 2 bridgehead atoms. The lowest BCUT2D eigenvalue weighted by Crippen LogP contribution is -2.39. The molecule has 3 heteroatoms. The summed E-state index contributed by atoms with van der Waals surface area (Å²) >= 11 is 0. The van der Waals surface area contributed by atoms with Crippen LogP contribution in [0.2, 0.25) is 0 Å². The number of aromatic hydroxyl groups is 1. The molecule has 21 heavy (non-hydrogen) atoms. The Kier molecular flexibility index (Phi) is 3.17. The number of para-hydroxylation sites is 1. The van der Waals surface area contributed by atoms with Gasteiger partial charge in [0, 0.05) is 17.2 Å². The number of rotatable bonds is 2. The van der Waals surface area contributed by atoms with Crippen LogP contribution in [-0.4, -0.2) is 28.6 Å². The average Bonchev–Trinajstić information content (AvgIpc) is 2.74. The summed E-state index contributed by atoms with van der Waals surface area (Å²) < 4.78 is 0. The zero-order valence-corrected chi connectivity index (χ0v) is 13.3. The van der Waals surface area contributed by atoms with E-state index in [2.05, 4.69) is 25.8 Å². The summed E-state index contributed by atoms with van der Waals surface area (Å²) in [6.45, 7) is 8.58. The van der Waals surface area contributed by atoms with Crippen LogP contribution >= 0.6 is 0 Å². The molecule has 2 aliphatic rings. The van der Waals surface area contributed by atoms with Crippen LogP contribution in [0.5, 0.6) is 5.75 Å². The number of nitrogens with zero attached hydrogens (tertiary/aromatic N) is 1. The first-order valence-electron chi connectivity index (χ1n) is 7.79. The summed E-state index contributed by atoms with van der Waals surface area (Å²) in [4.78, 5) is 4.66. The van der Waals surface area contributed by atoms with Gasteiger partial charge in [-0.15, -0.1) is 0 Å². The highest BCUT2D eigenvalue weighted by Gasteiger charge is 2.65. The fraction of sp³-hybridized carbons (Fsp3) is 0.611. The van der Waals surface area contributed by atoms with Crippen molar-refractivity contribution < 1.29 is 10.2 Å². The van der Waals surface area contributed by atoms with Crippen molar-refractivity contribution in [3.05, 3.63) is 29.3 Å². The number of phenolic OH excluding ortho intramolecular Hbond substituents is 1. The van der Waals surface area contributed by atoms with Gasteiger partial charge in [0.1, 0.15) is 5.75 Å². The van der Waals surface area contributed by atoms with Crippen LogP contribution in [0, 0.1) is 23.7 Å². The number of aryl methyl sites for hydroxylation is 1. The minimum atomic E-state index is -0.394. The van der Waals surface area contributed by atoms with Crippen LogP contribution in [0.4, 0.5) is 0 Å². The van der Waals surface area contributed by atoms with Crippen LogP contribution in [0.1, 0.15) is 44.7 Å². The summed E-state index contributed by atoms with van der Waals surface area (Å²) in [7, 11) is 0. The van der Waals surface area contributed by atoms with Gasteiger partial charge in [-0.25, -0.2) is 0 Å². The van der Waals surface area contributed by atoms with Crippen molar-refractivity contribution in [1.29, 1.82) is 0 Å². The highest BCUT2D eigenvalue weighted by Crippen LogP contribution is 2.66. The van der Waals surface area contributed by atoms with E-state index in [1.165, 1.54) is 0 Å². The van der Waals surface area contributed by atoms with Crippen molar-refractivity contribution in [2.75, 3.05) is 0 Å². The lowest BCUT2D eigenvalue weighted by atomic mass is 9.70. The molecule has 4 atom stereocenters. The third kappa shape index (κ3) is 1.87. The number of hydrogen-bond donors (Lipinski definition) is 2. The molecule has 2 unspecified atom stereocenters. The maximum absolute atomic E-state index is 10.7. The number of benzene rings is 1. The average molecular weight is 287 g/mol. The summed E-state index contributed by atoms with van der Waals surface area (Å²) in [6.07, 6.45) is 3.54. The summed E-state index contributed by atoms with van der Waals surface area (Å²) in [5, 5.41) is 20.8. The normalized spacial score (nSPS) is 37.5. The molecule has 1 aromatic rings. The van der Waals surface area contributed by atoms with Gasteiger partial charge in [0.25, 0.3) is 0 Å². The first-order valence-corrected chi connectivity index (χ1v) is 7.79. The summed E-state index contributed by atoms with van der Waals surface area (Å²) in [6, 6.07) is 5.60. The SMILES string of the molecule is Cc1cccc(C=N[C@@H]2C3CCC(C)([C@@H]2O)C3(C)C)c1O. The maximum Gasteiger partial charge on any atom is 0.127 e. The molecular formula is C18H25NO2. The highest BCUT2D eigenvalue weighted by atomic mass is 16.3. The summed E-state index contributed by atoms with van der Waals surface area (Å²) in [5.41, 5.74) is 1.64. The van der Waals surface area contributed by atoms with Crippen LogP contribution < -0.4 is 0 Å². The van der Waals surface area contributed by atoms with Crippen LogP contribution in [0.25, 0.3) is 0 Å². The van der Waals surface area contributed by atoms with E-state index >= 15 is 0 Å². The number of fused-ring (bicyclic) bond motifs is 2. The smallest absolute Gasteiger partial charge is 0.127 e. The molecule has 0 amide bonds. The van der Waals surface area contributed by atoms with E-state index in [9.17, 15) is 10.2 Å². The molecule has 2 fully saturated rings. The van der Waals surface area contributed by atoms with Crippen molar-refractivity contribution >= 4 is 6.21 Å². The van der Waals surface area contributed by atoms with Gasteiger partial charge in [-0.3, -0.25) is 4.99 Å². The largest absolute Gasteiger partial charge is 0.507 e. The Bertz CT molecular complexity index is 593. The van der Waals surface area contributed by atoms with Gasteiger partial charge >= 0.3 is 0 Å². The molecular weight excluding hydrogens is 262 g/mol. The van der Waals surface area contributed by atoms with Crippen LogP contribution in [-0.2, 0) is 0 Å². The molecule has 0 spiro atoms. The fourth-order valence-corrected chi connectivity index (χ4v) is 4.42. The van der Waals surface area contributed by atoms with E-state index in [1.54, 1.807) is 6.21 Å². The molecule has 1 aromatic carbocycles. The predicted molar refractivity (Wildman–Crippen MR) is 84.8 cm³/mol. The maximum atomic E-state index is 10.7. The van der Waals surface area contributed by atoms with Crippen molar-refractivity contribution in [1.82, 2.24) is 0 Å². The van der Waals surface area contributed by atoms with E-state index < -0.39 is 6.10 Å². The van der Waals surface area contributed by atoms with Crippen molar-refractivity contribution in [3.8, 4) is 5.75 Å². The van der Waals surface area contributed by atoms with Crippen molar-refractivity contribution in [2.24, 2.45) is 21.7 Å². The molecule has 0 heterocycles. The Morgan fingerprint density at radius 3 is 2.62 bits per heavy atom. The number of aliphatic imine (C=N–C) groups is 1. The molecule has 0 aromatic heterocycles. The topological polar surface area (TPSA) is 52.8 Å². The monoisotopic (exact) mass is 287 g/mol. The third-order valence-corrected chi connectivity index (χ3v) is 6.42. The second kappa shape index (κ2) is 4.57.